The van der Waals surface area contributed by atoms with Crippen LogP contribution in [0.25, 0.3) is 77.2 Å². The zero-order chi connectivity index (χ0) is 47.9. The van der Waals surface area contributed by atoms with Gasteiger partial charge in [-0.25, -0.2) is 0 Å². The molecular formula is C67H57NO2. The van der Waals surface area contributed by atoms with Crippen LogP contribution in [0.3, 0.4) is 0 Å². The fourth-order valence-corrected chi connectivity index (χ4v) is 11.0. The van der Waals surface area contributed by atoms with Crippen LogP contribution in [-0.2, 0) is 10.8 Å². The average Bonchev–Trinajstić information content (AvgIpc) is 3.90. The Labute approximate surface area is 412 Å². The maximum atomic E-state index is 6.79. The van der Waals surface area contributed by atoms with Gasteiger partial charge in [0.25, 0.3) is 0 Å². The fourth-order valence-electron chi connectivity index (χ4n) is 11.0. The molecule has 0 spiro atoms. The standard InChI is InChI=1S/C67H57NO2/c1-65(2,3)47-39-46(40-48(42-47)66(4,5)6)50-24-16-19-44-20-17-25-54(63(44)50)51-21-8-11-28-58(51)68(49-35-32-43(33-36-49)45-34-37-61-56(41-45)53-23-10-13-30-60(53)69-61)59-29-12-9-22-52(59)55-26-18-31-62-64(55)57-27-14-15-38-67(57,7)70-62/h8-42,57H,1-7H3. The van der Waals surface area contributed by atoms with Crippen LogP contribution in [0.5, 0.6) is 5.75 Å². The number of hydrogen-bond donors (Lipinski definition) is 0. The third kappa shape index (κ3) is 7.35. The molecule has 0 saturated carbocycles. The van der Waals surface area contributed by atoms with Crippen LogP contribution in [0.4, 0.5) is 17.1 Å². The van der Waals surface area contributed by atoms with Crippen LogP contribution in [0.1, 0.15) is 71.1 Å². The third-order valence-corrected chi connectivity index (χ3v) is 14.8. The van der Waals surface area contributed by atoms with Crippen LogP contribution in [0.2, 0.25) is 0 Å². The molecule has 3 heteroatoms. The monoisotopic (exact) mass is 907 g/mol. The SMILES string of the molecule is CC(C)(C)c1cc(-c2cccc3cccc(-c4ccccc4N(c4ccc(-c5ccc6oc7ccccc7c6c5)cc4)c4ccccc4-c4cccc5c4C4C=CC=CC4(C)O5)c23)cc(C(C)(C)C)c1. The topological polar surface area (TPSA) is 25.6 Å². The van der Waals surface area contributed by atoms with E-state index in [9.17, 15) is 0 Å². The minimum Gasteiger partial charge on any atom is -0.482 e. The quantitative estimate of drug-likeness (QED) is 0.159. The van der Waals surface area contributed by atoms with E-state index in [1.54, 1.807) is 0 Å². The average molecular weight is 908 g/mol. The number of allylic oxidation sites excluding steroid dienone is 2. The molecule has 1 aromatic heterocycles. The number of benzene rings is 9. The predicted octanol–water partition coefficient (Wildman–Crippen LogP) is 18.8. The zero-order valence-electron chi connectivity index (χ0n) is 41.0. The summed E-state index contributed by atoms with van der Waals surface area (Å²) in [6.07, 6.45) is 8.77. The predicted molar refractivity (Wildman–Crippen MR) is 295 cm³/mol. The molecule has 0 bridgehead atoms. The molecule has 70 heavy (non-hydrogen) atoms. The van der Waals surface area contributed by atoms with E-state index in [2.05, 4.69) is 254 Å². The first kappa shape index (κ1) is 43.4. The van der Waals surface area contributed by atoms with Gasteiger partial charge in [0, 0.05) is 39.1 Å². The Morgan fingerprint density at radius 2 is 1.06 bits per heavy atom. The number of furan rings is 1. The van der Waals surface area contributed by atoms with Gasteiger partial charge in [-0.1, -0.05) is 199 Å². The first-order valence-electron chi connectivity index (χ1n) is 24.7. The van der Waals surface area contributed by atoms with Gasteiger partial charge in [0.15, 0.2) is 0 Å². The maximum Gasteiger partial charge on any atom is 0.135 e. The van der Waals surface area contributed by atoms with E-state index in [-0.39, 0.29) is 16.7 Å². The molecule has 1 aliphatic carbocycles. The van der Waals surface area contributed by atoms with Crippen molar-refractivity contribution in [1.82, 2.24) is 0 Å². The highest BCUT2D eigenvalue weighted by molar-refractivity contribution is 6.10. The highest BCUT2D eigenvalue weighted by Gasteiger charge is 2.44. The number of ether oxygens (including phenoxy) is 1. The molecule has 342 valence electrons. The molecule has 0 saturated heterocycles. The molecule has 2 heterocycles. The van der Waals surface area contributed by atoms with Crippen LogP contribution in [0, 0.1) is 0 Å². The van der Waals surface area contributed by atoms with Gasteiger partial charge < -0.3 is 14.1 Å². The molecule has 0 fully saturated rings. The number of rotatable bonds is 7. The van der Waals surface area contributed by atoms with Gasteiger partial charge in [-0.05, 0) is 128 Å². The Morgan fingerprint density at radius 3 is 1.77 bits per heavy atom. The van der Waals surface area contributed by atoms with Gasteiger partial charge >= 0.3 is 0 Å². The van der Waals surface area contributed by atoms with Crippen molar-refractivity contribution in [2.24, 2.45) is 0 Å². The number of hydrogen-bond acceptors (Lipinski definition) is 3. The summed E-state index contributed by atoms with van der Waals surface area (Å²) < 4.78 is 13.0. The molecule has 2 unspecified atom stereocenters. The lowest BCUT2D eigenvalue weighted by atomic mass is 9.78. The Morgan fingerprint density at radius 1 is 0.471 bits per heavy atom. The Hall–Kier alpha value is -7.88. The zero-order valence-corrected chi connectivity index (χ0v) is 41.0. The molecule has 1 aliphatic heterocycles. The van der Waals surface area contributed by atoms with E-state index in [1.165, 1.54) is 49.7 Å². The smallest absolute Gasteiger partial charge is 0.135 e. The van der Waals surface area contributed by atoms with Crippen molar-refractivity contribution in [3.05, 3.63) is 229 Å². The van der Waals surface area contributed by atoms with Gasteiger partial charge in [0.2, 0.25) is 0 Å². The van der Waals surface area contributed by atoms with Crippen molar-refractivity contribution >= 4 is 49.8 Å². The second-order valence-corrected chi connectivity index (χ2v) is 21.5. The summed E-state index contributed by atoms with van der Waals surface area (Å²) in [6.45, 7) is 16.1. The summed E-state index contributed by atoms with van der Waals surface area (Å²) in [5, 5.41) is 4.69. The van der Waals surface area contributed by atoms with Gasteiger partial charge in [0.05, 0.1) is 11.4 Å². The van der Waals surface area contributed by atoms with Gasteiger partial charge in [-0.15, -0.1) is 0 Å². The Bertz CT molecular complexity index is 3700. The highest BCUT2D eigenvalue weighted by atomic mass is 16.5. The lowest BCUT2D eigenvalue weighted by Gasteiger charge is -2.31. The van der Waals surface area contributed by atoms with E-state index in [1.807, 2.05) is 12.1 Å². The van der Waals surface area contributed by atoms with Crippen molar-refractivity contribution < 1.29 is 9.15 Å². The largest absolute Gasteiger partial charge is 0.482 e. The van der Waals surface area contributed by atoms with Gasteiger partial charge in [-0.2, -0.15) is 0 Å². The molecule has 3 nitrogen and oxygen atoms in total. The minimum atomic E-state index is -0.456. The second kappa shape index (κ2) is 16.4. The number of para-hydroxylation sites is 3. The van der Waals surface area contributed by atoms with E-state index in [4.69, 9.17) is 9.15 Å². The van der Waals surface area contributed by atoms with Crippen molar-refractivity contribution in [3.63, 3.8) is 0 Å². The summed E-state index contributed by atoms with van der Waals surface area (Å²) in [6, 6.07) is 69.2. The minimum absolute atomic E-state index is 0.0204. The van der Waals surface area contributed by atoms with Crippen molar-refractivity contribution in [3.8, 4) is 50.3 Å². The summed E-state index contributed by atoms with van der Waals surface area (Å²) >= 11 is 0. The third-order valence-electron chi connectivity index (χ3n) is 14.8. The molecule has 9 aromatic carbocycles. The molecular weight excluding hydrogens is 851 g/mol. The van der Waals surface area contributed by atoms with Crippen molar-refractivity contribution in [1.29, 1.82) is 0 Å². The van der Waals surface area contributed by atoms with Crippen LogP contribution in [-0.4, -0.2) is 5.60 Å². The molecule has 0 radical (unpaired) electrons. The summed E-state index contributed by atoms with van der Waals surface area (Å²) in [5.41, 5.74) is 17.8. The first-order valence-corrected chi connectivity index (χ1v) is 24.7. The van der Waals surface area contributed by atoms with Crippen molar-refractivity contribution in [2.75, 3.05) is 4.90 Å². The molecule has 10 aromatic rings. The summed E-state index contributed by atoms with van der Waals surface area (Å²) in [7, 11) is 0. The molecule has 2 atom stereocenters. The molecule has 12 rings (SSSR count). The van der Waals surface area contributed by atoms with Crippen LogP contribution >= 0.6 is 0 Å². The van der Waals surface area contributed by atoms with Crippen LogP contribution < -0.4 is 9.64 Å². The summed E-state index contributed by atoms with van der Waals surface area (Å²) in [5.74, 6) is 1.01. The highest BCUT2D eigenvalue weighted by Crippen LogP contribution is 2.54. The normalized spacial score (nSPS) is 16.4. The molecule has 0 N–H and O–H groups in total. The van der Waals surface area contributed by atoms with E-state index >= 15 is 0 Å². The van der Waals surface area contributed by atoms with E-state index in [0.717, 1.165) is 67.0 Å². The maximum absolute atomic E-state index is 6.79. The summed E-state index contributed by atoms with van der Waals surface area (Å²) in [4.78, 5) is 2.48. The van der Waals surface area contributed by atoms with Gasteiger partial charge in [-0.3, -0.25) is 0 Å². The Kier molecular flexibility index (Phi) is 10.2. The number of anilines is 3. The lowest BCUT2D eigenvalue weighted by Crippen LogP contribution is -2.32. The molecule has 0 amide bonds. The van der Waals surface area contributed by atoms with E-state index < -0.39 is 5.60 Å². The van der Waals surface area contributed by atoms with Crippen LogP contribution in [0.15, 0.2) is 217 Å². The van der Waals surface area contributed by atoms with E-state index in [0.29, 0.717) is 0 Å². The van der Waals surface area contributed by atoms with Gasteiger partial charge in [0.1, 0.15) is 22.5 Å². The lowest BCUT2D eigenvalue weighted by molar-refractivity contribution is 0.155. The number of fused-ring (bicyclic) bond motifs is 7. The van der Waals surface area contributed by atoms with Crippen molar-refractivity contribution in [2.45, 2.75) is 70.8 Å². The second-order valence-electron chi connectivity index (χ2n) is 21.5. The first-order chi connectivity index (χ1) is 33.8. The Balaban J connectivity index is 1.07. The molecule has 2 aliphatic rings. The number of nitrogens with zero attached hydrogens (tertiary/aromatic N) is 1. The fraction of sp³-hybridized carbons (Fsp3) is 0.164.